The lowest BCUT2D eigenvalue weighted by Crippen LogP contribution is -2.49. The zero-order valence-corrected chi connectivity index (χ0v) is 21.8. The Kier molecular flexibility index (Phi) is 5.12. The van der Waals surface area contributed by atoms with Crippen molar-refractivity contribution in [3.05, 3.63) is 63.3 Å². The highest BCUT2D eigenvalue weighted by Crippen LogP contribution is 2.54. The number of rotatable bonds is 4. The highest BCUT2D eigenvalue weighted by Gasteiger charge is 2.48. The SMILES string of the molecule is COc1ccc2c(c1)N1CCCC(C3=C([O-])C(C4CCC[n+]5c4sc4ccc(OC)cc45)C3=O)=C1S2. The van der Waals surface area contributed by atoms with E-state index in [1.54, 1.807) is 37.3 Å². The van der Waals surface area contributed by atoms with E-state index < -0.39 is 5.92 Å². The van der Waals surface area contributed by atoms with Crippen molar-refractivity contribution < 1.29 is 23.9 Å². The van der Waals surface area contributed by atoms with Gasteiger partial charge in [-0.25, -0.2) is 0 Å². The molecule has 0 saturated heterocycles. The van der Waals surface area contributed by atoms with Crippen LogP contribution in [0.1, 0.15) is 36.6 Å². The number of aryl methyl sites for hydroxylation is 1. The van der Waals surface area contributed by atoms with Crippen molar-refractivity contribution in [1.82, 2.24) is 0 Å². The molecule has 3 aliphatic heterocycles. The van der Waals surface area contributed by atoms with Gasteiger partial charge < -0.3 is 19.5 Å². The molecule has 4 heterocycles. The van der Waals surface area contributed by atoms with Crippen LogP contribution in [0.25, 0.3) is 10.2 Å². The Hall–Kier alpha value is -2.97. The first-order valence-corrected chi connectivity index (χ1v) is 14.0. The van der Waals surface area contributed by atoms with E-state index >= 15 is 0 Å². The molecule has 0 spiro atoms. The van der Waals surface area contributed by atoms with E-state index in [0.29, 0.717) is 5.57 Å². The topological polar surface area (TPSA) is 65.7 Å². The van der Waals surface area contributed by atoms with Gasteiger partial charge in [-0.1, -0.05) is 23.1 Å². The number of anilines is 1. The lowest BCUT2D eigenvalue weighted by molar-refractivity contribution is -0.682. The quantitative estimate of drug-likeness (QED) is 0.474. The molecule has 0 bridgehead atoms. The number of nitrogens with zero attached hydrogens (tertiary/aromatic N) is 2. The molecule has 3 aromatic rings. The number of methoxy groups -OCH3 is 2. The number of fused-ring (bicyclic) bond motifs is 6. The van der Waals surface area contributed by atoms with Crippen LogP contribution >= 0.6 is 23.1 Å². The zero-order chi connectivity index (χ0) is 24.6. The Morgan fingerprint density at radius 2 is 1.89 bits per heavy atom. The predicted octanol–water partition coefficient (Wildman–Crippen LogP) is 4.51. The minimum atomic E-state index is -0.557. The van der Waals surface area contributed by atoms with E-state index in [1.165, 1.54) is 4.70 Å². The summed E-state index contributed by atoms with van der Waals surface area (Å²) in [6.45, 7) is 1.80. The molecular formula is C28H26N2O4S2. The normalized spacial score (nSPS) is 22.9. The van der Waals surface area contributed by atoms with E-state index in [-0.39, 0.29) is 17.5 Å². The van der Waals surface area contributed by atoms with Crippen LogP contribution in [-0.2, 0) is 11.3 Å². The molecule has 0 fully saturated rings. The summed E-state index contributed by atoms with van der Waals surface area (Å²) in [5, 5.41) is 15.9. The maximum absolute atomic E-state index is 13.7. The van der Waals surface area contributed by atoms with Gasteiger partial charge in [0.15, 0.2) is 5.78 Å². The minimum Gasteiger partial charge on any atom is -0.874 e. The van der Waals surface area contributed by atoms with E-state index in [4.69, 9.17) is 9.47 Å². The summed E-state index contributed by atoms with van der Waals surface area (Å²) in [7, 11) is 3.35. The summed E-state index contributed by atoms with van der Waals surface area (Å²) in [5.74, 6) is 1.11. The number of ether oxygens (including phenoxy) is 2. The van der Waals surface area contributed by atoms with Crippen LogP contribution in [0.5, 0.6) is 11.5 Å². The van der Waals surface area contributed by atoms with Gasteiger partial charge in [-0.15, -0.1) is 5.76 Å². The molecule has 0 amide bonds. The molecule has 1 aromatic heterocycles. The molecule has 7 rings (SSSR count). The van der Waals surface area contributed by atoms with Gasteiger partial charge in [0, 0.05) is 35.4 Å². The van der Waals surface area contributed by atoms with Crippen LogP contribution in [-0.4, -0.2) is 26.5 Å². The second kappa shape index (κ2) is 8.28. The van der Waals surface area contributed by atoms with E-state index in [9.17, 15) is 9.90 Å². The molecule has 6 nitrogen and oxygen atoms in total. The molecular weight excluding hydrogens is 492 g/mol. The van der Waals surface area contributed by atoms with Gasteiger partial charge in [-0.2, -0.15) is 4.57 Å². The van der Waals surface area contributed by atoms with Crippen molar-refractivity contribution in [2.45, 2.75) is 43.0 Å². The largest absolute Gasteiger partial charge is 0.874 e. The monoisotopic (exact) mass is 518 g/mol. The van der Waals surface area contributed by atoms with E-state index in [2.05, 4.69) is 27.7 Å². The van der Waals surface area contributed by atoms with Crippen molar-refractivity contribution in [1.29, 1.82) is 0 Å². The van der Waals surface area contributed by atoms with Crippen molar-refractivity contribution >= 4 is 44.8 Å². The summed E-state index contributed by atoms with van der Waals surface area (Å²) >= 11 is 3.39. The second-order valence-corrected chi connectivity index (χ2v) is 11.8. The third-order valence-corrected chi connectivity index (χ3v) is 10.4. The van der Waals surface area contributed by atoms with Crippen LogP contribution in [0.15, 0.2) is 63.2 Å². The number of ketones is 1. The number of thiazole rings is 1. The van der Waals surface area contributed by atoms with Gasteiger partial charge in [0.2, 0.25) is 10.5 Å². The Balaban J connectivity index is 1.26. The summed E-state index contributed by atoms with van der Waals surface area (Å²) in [6, 6.07) is 12.2. The summed E-state index contributed by atoms with van der Waals surface area (Å²) < 4.78 is 14.3. The first-order valence-electron chi connectivity index (χ1n) is 12.4. The Labute approximate surface area is 217 Å². The van der Waals surface area contributed by atoms with Crippen LogP contribution in [0.4, 0.5) is 5.69 Å². The van der Waals surface area contributed by atoms with Gasteiger partial charge in [-0.3, -0.25) is 4.79 Å². The van der Waals surface area contributed by atoms with Gasteiger partial charge in [0.05, 0.1) is 36.9 Å². The van der Waals surface area contributed by atoms with Crippen molar-refractivity contribution in [3.8, 4) is 11.5 Å². The Morgan fingerprint density at radius 1 is 1.08 bits per heavy atom. The predicted molar refractivity (Wildman–Crippen MR) is 139 cm³/mol. The summed E-state index contributed by atoms with van der Waals surface area (Å²) in [5.41, 5.74) is 3.63. The molecule has 8 heteroatoms. The number of carbonyl (C=O) groups is 1. The minimum absolute atomic E-state index is 0.0342. The average Bonchev–Trinajstić information content (AvgIpc) is 3.47. The molecule has 36 heavy (non-hydrogen) atoms. The van der Waals surface area contributed by atoms with Gasteiger partial charge in [0.25, 0.3) is 0 Å². The Morgan fingerprint density at radius 3 is 2.69 bits per heavy atom. The number of hydrogen-bond acceptors (Lipinski definition) is 7. The molecule has 184 valence electrons. The number of thioether (sulfide) groups is 1. The number of aromatic nitrogens is 1. The van der Waals surface area contributed by atoms with Gasteiger partial charge in [-0.05, 0) is 49.1 Å². The number of Topliss-reactive ketones (excluding diaryl/α,β-unsaturated/α-hetero) is 1. The van der Waals surface area contributed by atoms with E-state index in [1.807, 2.05) is 18.2 Å². The Bertz CT molecular complexity index is 1500. The fourth-order valence-electron chi connectivity index (χ4n) is 6.14. The van der Waals surface area contributed by atoms with E-state index in [0.717, 1.165) is 82.0 Å². The second-order valence-electron chi connectivity index (χ2n) is 9.73. The molecule has 1 aliphatic carbocycles. The summed E-state index contributed by atoms with van der Waals surface area (Å²) in [4.78, 5) is 17.1. The lowest BCUT2D eigenvalue weighted by atomic mass is 9.69. The third kappa shape index (κ3) is 3.10. The maximum Gasteiger partial charge on any atom is 0.242 e. The molecule has 2 aromatic carbocycles. The highest BCUT2D eigenvalue weighted by molar-refractivity contribution is 8.03. The first-order chi connectivity index (χ1) is 17.6. The molecule has 0 N–H and O–H groups in total. The number of benzene rings is 2. The average molecular weight is 519 g/mol. The molecule has 0 radical (unpaired) electrons. The van der Waals surface area contributed by atoms with Crippen LogP contribution in [0.2, 0.25) is 0 Å². The highest BCUT2D eigenvalue weighted by atomic mass is 32.2. The molecule has 2 unspecified atom stereocenters. The molecule has 0 saturated carbocycles. The van der Waals surface area contributed by atoms with Crippen LogP contribution in [0.3, 0.4) is 0 Å². The zero-order valence-electron chi connectivity index (χ0n) is 20.2. The molecule has 4 aliphatic rings. The number of hydrogen-bond donors (Lipinski definition) is 0. The third-order valence-electron chi connectivity index (χ3n) is 7.89. The van der Waals surface area contributed by atoms with Crippen molar-refractivity contribution in [3.63, 3.8) is 0 Å². The fraction of sp³-hybridized carbons (Fsp3) is 0.357. The van der Waals surface area contributed by atoms with Gasteiger partial charge in [0.1, 0.15) is 22.7 Å². The summed E-state index contributed by atoms with van der Waals surface area (Å²) in [6.07, 6.45) is 3.53. The number of carbonyl (C=O) groups excluding carboxylic acids is 1. The lowest BCUT2D eigenvalue weighted by Gasteiger charge is -2.43. The van der Waals surface area contributed by atoms with Crippen LogP contribution in [0, 0.1) is 5.92 Å². The van der Waals surface area contributed by atoms with Gasteiger partial charge >= 0.3 is 0 Å². The smallest absolute Gasteiger partial charge is 0.242 e. The van der Waals surface area contributed by atoms with Crippen molar-refractivity contribution in [2.24, 2.45) is 5.92 Å². The molecule has 2 atom stereocenters. The maximum atomic E-state index is 13.7. The number of allylic oxidation sites excluding steroid dienone is 3. The fourth-order valence-corrected chi connectivity index (χ4v) is 8.73. The van der Waals surface area contributed by atoms with Crippen LogP contribution < -0.4 is 24.0 Å². The first kappa shape index (κ1) is 22.2. The van der Waals surface area contributed by atoms with Crippen molar-refractivity contribution in [2.75, 3.05) is 25.7 Å². The standard InChI is InChI=1S/C28H26N2O4S2/c1-33-15-7-9-21-19(13-15)29-11-3-5-17(27(29)35-21)23-25(31)24(26(23)32)18-6-4-12-30-20-14-16(34-2)8-10-22(20)36-28(18)30/h7-10,13-14,17,23H,3-6,11-12H2,1-2H3.